The highest BCUT2D eigenvalue weighted by Crippen LogP contribution is 2.33. The summed E-state index contributed by atoms with van der Waals surface area (Å²) in [6, 6.07) is 10.8. The number of hydrogen-bond donors (Lipinski definition) is 1. The number of nitrogens with zero attached hydrogens (tertiary/aromatic N) is 2. The van der Waals surface area contributed by atoms with Gasteiger partial charge in [-0.1, -0.05) is 42.5 Å². The lowest BCUT2D eigenvalue weighted by atomic mass is 10.1. The Morgan fingerprint density at radius 3 is 2.58 bits per heavy atom. The highest BCUT2D eigenvalue weighted by Gasteiger charge is 2.39. The number of carboxylic acid groups (broad SMARTS) is 1. The molecule has 1 amide bonds. The number of nitro groups is 1. The summed E-state index contributed by atoms with van der Waals surface area (Å²) < 4.78 is 11.0. The molecular formula is C22H22N2O7. The molecule has 0 aliphatic carbocycles. The van der Waals surface area contributed by atoms with Gasteiger partial charge in [0.05, 0.1) is 25.2 Å². The number of carbonyl (C=O) groups excluding carboxylic acids is 1. The maximum Gasteiger partial charge on any atom is 0.326 e. The van der Waals surface area contributed by atoms with Crippen molar-refractivity contribution in [3.05, 3.63) is 81.4 Å². The summed E-state index contributed by atoms with van der Waals surface area (Å²) in [6.45, 7) is 4.10. The van der Waals surface area contributed by atoms with E-state index in [1.54, 1.807) is 0 Å². The molecule has 3 rings (SSSR count). The van der Waals surface area contributed by atoms with E-state index in [9.17, 15) is 24.8 Å². The fraction of sp³-hybridized carbons (Fsp3) is 0.273. The summed E-state index contributed by atoms with van der Waals surface area (Å²) >= 11 is 0. The molecule has 0 spiro atoms. The third-order valence-electron chi connectivity index (χ3n) is 4.99. The molecular weight excluding hydrogens is 404 g/mol. The zero-order chi connectivity index (χ0) is 22.5. The molecule has 1 atom stereocenters. The molecule has 1 aliphatic rings. The van der Waals surface area contributed by atoms with Crippen molar-refractivity contribution in [1.29, 1.82) is 0 Å². The summed E-state index contributed by atoms with van der Waals surface area (Å²) in [7, 11) is 1.38. The molecule has 9 nitrogen and oxygen atoms in total. The average Bonchev–Trinajstić information content (AvgIpc) is 3.15. The molecule has 2 aromatic carbocycles. The van der Waals surface area contributed by atoms with Gasteiger partial charge in [-0.15, -0.1) is 0 Å². The standard InChI is InChI=1S/C22H22N2O7/c1-14-8-19(22(26)27)23(11-14)21(25)17-10-20(30-2)16(9-18(17)24(28)29)13-31-12-15-6-4-3-5-7-15/h3-7,9-10,19H,1,8,11-13H2,2H3,(H,26,27). The number of aliphatic carboxylic acids is 1. The first kappa shape index (κ1) is 22.0. The number of carboxylic acids is 1. The summed E-state index contributed by atoms with van der Waals surface area (Å²) in [5, 5.41) is 21.1. The molecule has 0 saturated carbocycles. The van der Waals surface area contributed by atoms with Crippen molar-refractivity contribution in [3.63, 3.8) is 0 Å². The number of nitro benzene ring substituents is 1. The van der Waals surface area contributed by atoms with E-state index in [-0.39, 0.29) is 30.9 Å². The number of carbonyl (C=O) groups is 2. The van der Waals surface area contributed by atoms with Gasteiger partial charge in [-0.2, -0.15) is 0 Å². The molecule has 0 bridgehead atoms. The monoisotopic (exact) mass is 426 g/mol. The molecule has 1 heterocycles. The second kappa shape index (κ2) is 9.40. The van der Waals surface area contributed by atoms with Crippen LogP contribution < -0.4 is 4.74 Å². The Morgan fingerprint density at radius 1 is 1.26 bits per heavy atom. The first-order chi connectivity index (χ1) is 14.8. The van der Waals surface area contributed by atoms with Gasteiger partial charge >= 0.3 is 5.97 Å². The Bertz CT molecular complexity index is 1020. The van der Waals surface area contributed by atoms with Crippen molar-refractivity contribution in [2.24, 2.45) is 0 Å². The zero-order valence-corrected chi connectivity index (χ0v) is 16.9. The largest absolute Gasteiger partial charge is 0.496 e. The van der Waals surface area contributed by atoms with Gasteiger partial charge in [-0.3, -0.25) is 14.9 Å². The molecule has 1 fully saturated rings. The van der Waals surface area contributed by atoms with Crippen LogP contribution >= 0.6 is 0 Å². The summed E-state index contributed by atoms with van der Waals surface area (Å²) in [5.41, 5.74) is 1.24. The normalized spacial score (nSPS) is 15.7. The second-order valence-electron chi connectivity index (χ2n) is 7.16. The summed E-state index contributed by atoms with van der Waals surface area (Å²) in [4.78, 5) is 36.7. The van der Waals surface area contributed by atoms with Gasteiger partial charge in [0.1, 0.15) is 17.4 Å². The van der Waals surface area contributed by atoms with E-state index in [1.165, 1.54) is 19.2 Å². The quantitative estimate of drug-likeness (QED) is 0.391. The first-order valence-electron chi connectivity index (χ1n) is 9.49. The summed E-state index contributed by atoms with van der Waals surface area (Å²) in [6.07, 6.45) is 0.109. The van der Waals surface area contributed by atoms with Gasteiger partial charge in [0.2, 0.25) is 0 Å². The topological polar surface area (TPSA) is 119 Å². The summed E-state index contributed by atoms with van der Waals surface area (Å²) in [5.74, 6) is -1.70. The molecule has 0 radical (unpaired) electrons. The van der Waals surface area contributed by atoms with E-state index in [1.807, 2.05) is 30.3 Å². The van der Waals surface area contributed by atoms with Crippen molar-refractivity contribution in [3.8, 4) is 5.75 Å². The van der Waals surface area contributed by atoms with Crippen LogP contribution in [0.4, 0.5) is 5.69 Å². The van der Waals surface area contributed by atoms with Crippen molar-refractivity contribution in [1.82, 2.24) is 4.90 Å². The molecule has 1 unspecified atom stereocenters. The van der Waals surface area contributed by atoms with Gasteiger partial charge in [-0.25, -0.2) is 4.79 Å². The number of likely N-dealkylation sites (tertiary alicyclic amines) is 1. The van der Waals surface area contributed by atoms with Crippen LogP contribution in [0.15, 0.2) is 54.6 Å². The SMILES string of the molecule is C=C1CC(C(=O)O)N(C(=O)c2cc(OC)c(COCc3ccccc3)cc2[N+](=O)[O-])C1. The maximum atomic E-state index is 13.0. The molecule has 0 aromatic heterocycles. The van der Waals surface area contributed by atoms with Crippen LogP contribution in [0.25, 0.3) is 0 Å². The molecule has 1 saturated heterocycles. The number of rotatable bonds is 8. The van der Waals surface area contributed by atoms with Crippen LogP contribution in [0.2, 0.25) is 0 Å². The molecule has 9 heteroatoms. The Morgan fingerprint density at radius 2 is 1.97 bits per heavy atom. The smallest absolute Gasteiger partial charge is 0.326 e. The Labute approximate surface area is 178 Å². The Hall–Kier alpha value is -3.72. The minimum atomic E-state index is -1.19. The van der Waals surface area contributed by atoms with Crippen LogP contribution in [0.5, 0.6) is 5.75 Å². The minimum absolute atomic E-state index is 0.0250. The fourth-order valence-electron chi connectivity index (χ4n) is 3.48. The highest BCUT2D eigenvalue weighted by atomic mass is 16.6. The number of benzene rings is 2. The lowest BCUT2D eigenvalue weighted by Gasteiger charge is -2.21. The van der Waals surface area contributed by atoms with E-state index in [4.69, 9.17) is 9.47 Å². The Kier molecular flexibility index (Phi) is 6.66. The third-order valence-corrected chi connectivity index (χ3v) is 4.99. The van der Waals surface area contributed by atoms with Crippen LogP contribution in [0.3, 0.4) is 0 Å². The second-order valence-corrected chi connectivity index (χ2v) is 7.16. The van der Waals surface area contributed by atoms with Crippen LogP contribution in [-0.2, 0) is 22.7 Å². The molecule has 162 valence electrons. The number of amides is 1. The fourth-order valence-corrected chi connectivity index (χ4v) is 3.48. The van der Waals surface area contributed by atoms with Crippen LogP contribution in [0.1, 0.15) is 27.9 Å². The van der Waals surface area contributed by atoms with Gasteiger partial charge < -0.3 is 19.5 Å². The van der Waals surface area contributed by atoms with E-state index in [2.05, 4.69) is 6.58 Å². The molecule has 1 aliphatic heterocycles. The van der Waals surface area contributed by atoms with Gasteiger partial charge in [0.25, 0.3) is 11.6 Å². The molecule has 31 heavy (non-hydrogen) atoms. The minimum Gasteiger partial charge on any atom is -0.496 e. The van der Waals surface area contributed by atoms with Crippen molar-refractivity contribution >= 4 is 17.6 Å². The van der Waals surface area contributed by atoms with E-state index >= 15 is 0 Å². The van der Waals surface area contributed by atoms with Gasteiger partial charge in [0.15, 0.2) is 0 Å². The van der Waals surface area contributed by atoms with Crippen LogP contribution in [0, 0.1) is 10.1 Å². The zero-order valence-electron chi connectivity index (χ0n) is 16.9. The predicted molar refractivity (Wildman–Crippen MR) is 111 cm³/mol. The predicted octanol–water partition coefficient (Wildman–Crippen LogP) is 3.18. The van der Waals surface area contributed by atoms with E-state index in [0.717, 1.165) is 10.5 Å². The number of hydrogen-bond acceptors (Lipinski definition) is 6. The van der Waals surface area contributed by atoms with Crippen molar-refractivity contribution < 1.29 is 29.1 Å². The van der Waals surface area contributed by atoms with Gasteiger partial charge in [0, 0.05) is 30.7 Å². The van der Waals surface area contributed by atoms with Crippen molar-refractivity contribution in [2.75, 3.05) is 13.7 Å². The lowest BCUT2D eigenvalue weighted by Crippen LogP contribution is -2.40. The molecule has 2 aromatic rings. The van der Waals surface area contributed by atoms with Crippen LogP contribution in [-0.4, -0.2) is 46.5 Å². The maximum absolute atomic E-state index is 13.0. The first-order valence-corrected chi connectivity index (χ1v) is 9.49. The van der Waals surface area contributed by atoms with E-state index < -0.39 is 28.5 Å². The highest BCUT2D eigenvalue weighted by molar-refractivity contribution is 6.01. The number of methoxy groups -OCH3 is 1. The molecule has 1 N–H and O–H groups in total. The lowest BCUT2D eigenvalue weighted by molar-refractivity contribution is -0.385. The average molecular weight is 426 g/mol. The third kappa shape index (κ3) is 4.89. The van der Waals surface area contributed by atoms with Crippen molar-refractivity contribution in [2.45, 2.75) is 25.7 Å². The van der Waals surface area contributed by atoms with E-state index in [0.29, 0.717) is 17.7 Å². The number of ether oxygens (including phenoxy) is 2. The Balaban J connectivity index is 1.89. The van der Waals surface area contributed by atoms with Gasteiger partial charge in [-0.05, 0) is 5.56 Å².